The molecule has 3 heteroatoms. The minimum atomic E-state index is -1.46. The highest BCUT2D eigenvalue weighted by atomic mass is 16.4. The second-order valence-electron chi connectivity index (χ2n) is 9.28. The van der Waals surface area contributed by atoms with Crippen LogP contribution >= 0.6 is 0 Å². The molecule has 0 spiro atoms. The van der Waals surface area contributed by atoms with Crippen molar-refractivity contribution >= 4 is 12.6 Å². The molecule has 2 nitrogen and oxygen atoms in total. The minimum Gasteiger partial charge on any atom is -0.423 e. The lowest BCUT2D eigenvalue weighted by atomic mass is 9.67. The smallest absolute Gasteiger partial charge is 0.423 e. The van der Waals surface area contributed by atoms with Gasteiger partial charge in [-0.25, -0.2) is 0 Å². The van der Waals surface area contributed by atoms with E-state index in [1.54, 1.807) is 12.1 Å². The van der Waals surface area contributed by atoms with Gasteiger partial charge in [-0.1, -0.05) is 127 Å². The van der Waals surface area contributed by atoms with Crippen LogP contribution in [0.1, 0.15) is 27.8 Å². The second-order valence-corrected chi connectivity index (χ2v) is 9.28. The first-order chi connectivity index (χ1) is 17.1. The van der Waals surface area contributed by atoms with Crippen LogP contribution < -0.4 is 5.46 Å². The van der Waals surface area contributed by atoms with Crippen molar-refractivity contribution in [3.05, 3.63) is 149 Å². The van der Waals surface area contributed by atoms with Crippen LogP contribution in [0.3, 0.4) is 0 Å². The van der Waals surface area contributed by atoms with Gasteiger partial charge in [0.2, 0.25) is 0 Å². The molecule has 1 aliphatic rings. The standard InChI is InChI=1S/C32H25BO2/c1-22-10-16-25(17-11-22)32(30-8-4-2-6-28(30)29-7-3-5-9-31(29)32)26-18-12-23(13-19-26)24-14-20-27(21-15-24)33(34)35/h2-21,34-35H,1H3. The van der Waals surface area contributed by atoms with Crippen molar-refractivity contribution in [3.63, 3.8) is 0 Å². The van der Waals surface area contributed by atoms with E-state index < -0.39 is 12.5 Å². The van der Waals surface area contributed by atoms with Gasteiger partial charge in [0.15, 0.2) is 0 Å². The maximum absolute atomic E-state index is 9.41. The average Bonchev–Trinajstić information content (AvgIpc) is 3.21. The lowest BCUT2D eigenvalue weighted by molar-refractivity contribution is 0.426. The SMILES string of the molecule is Cc1ccc(C2(c3ccc(-c4ccc(B(O)O)cc4)cc3)c3ccccc3-c3ccccc32)cc1. The minimum absolute atomic E-state index is 0.399. The van der Waals surface area contributed by atoms with Gasteiger partial charge in [-0.15, -0.1) is 0 Å². The summed E-state index contributed by atoms with van der Waals surface area (Å²) in [7, 11) is -1.46. The second kappa shape index (κ2) is 8.39. The van der Waals surface area contributed by atoms with Crippen molar-refractivity contribution in [2.75, 3.05) is 0 Å². The van der Waals surface area contributed by atoms with Crippen LogP contribution in [0.25, 0.3) is 22.3 Å². The van der Waals surface area contributed by atoms with Gasteiger partial charge < -0.3 is 10.0 Å². The predicted octanol–water partition coefficient (Wildman–Crippen LogP) is 5.70. The average molecular weight is 452 g/mol. The Balaban J connectivity index is 1.56. The van der Waals surface area contributed by atoms with Crippen molar-refractivity contribution in [1.82, 2.24) is 0 Å². The van der Waals surface area contributed by atoms with Crippen LogP contribution in [0.4, 0.5) is 0 Å². The van der Waals surface area contributed by atoms with E-state index in [0.717, 1.165) is 11.1 Å². The van der Waals surface area contributed by atoms with Crippen molar-refractivity contribution in [3.8, 4) is 22.3 Å². The van der Waals surface area contributed by atoms with E-state index >= 15 is 0 Å². The van der Waals surface area contributed by atoms with E-state index in [0.29, 0.717) is 5.46 Å². The fourth-order valence-electron chi connectivity index (χ4n) is 5.59. The Morgan fingerprint density at radius 3 is 1.43 bits per heavy atom. The van der Waals surface area contributed by atoms with E-state index in [1.165, 1.54) is 38.9 Å². The zero-order chi connectivity index (χ0) is 24.0. The van der Waals surface area contributed by atoms with Gasteiger partial charge in [0.05, 0.1) is 5.41 Å². The summed E-state index contributed by atoms with van der Waals surface area (Å²) in [6.45, 7) is 2.13. The van der Waals surface area contributed by atoms with E-state index in [9.17, 15) is 10.0 Å². The maximum Gasteiger partial charge on any atom is 0.488 e. The summed E-state index contributed by atoms with van der Waals surface area (Å²) in [4.78, 5) is 0. The van der Waals surface area contributed by atoms with E-state index in [4.69, 9.17) is 0 Å². The molecule has 0 fully saturated rings. The highest BCUT2D eigenvalue weighted by Gasteiger charge is 2.45. The number of hydrogen-bond donors (Lipinski definition) is 2. The molecule has 0 amide bonds. The molecule has 0 heterocycles. The van der Waals surface area contributed by atoms with Crippen LogP contribution in [0.15, 0.2) is 121 Å². The first-order valence-corrected chi connectivity index (χ1v) is 11.9. The molecule has 0 radical (unpaired) electrons. The molecule has 0 aliphatic heterocycles. The molecule has 0 atom stereocenters. The molecule has 0 unspecified atom stereocenters. The van der Waals surface area contributed by atoms with Crippen molar-refractivity contribution < 1.29 is 10.0 Å². The molecule has 0 saturated carbocycles. The summed E-state index contributed by atoms with van der Waals surface area (Å²) in [5.74, 6) is 0. The summed E-state index contributed by atoms with van der Waals surface area (Å²) in [6.07, 6.45) is 0. The Morgan fingerprint density at radius 1 is 0.514 bits per heavy atom. The summed E-state index contributed by atoms with van der Waals surface area (Å²) in [5, 5.41) is 18.8. The Bertz CT molecular complexity index is 1460. The number of aryl methyl sites for hydroxylation is 1. The third-order valence-corrected chi connectivity index (χ3v) is 7.30. The number of fused-ring (bicyclic) bond motifs is 3. The number of rotatable bonds is 4. The normalized spacial score (nSPS) is 13.2. The van der Waals surface area contributed by atoms with Gasteiger partial charge in [0.1, 0.15) is 0 Å². The van der Waals surface area contributed by atoms with E-state index in [2.05, 4.69) is 104 Å². The molecule has 5 aromatic carbocycles. The van der Waals surface area contributed by atoms with Gasteiger partial charge in [-0.2, -0.15) is 0 Å². The molecule has 2 N–H and O–H groups in total. The van der Waals surface area contributed by atoms with Crippen LogP contribution in [0.5, 0.6) is 0 Å². The van der Waals surface area contributed by atoms with E-state index in [1.807, 2.05) is 12.1 Å². The molecule has 35 heavy (non-hydrogen) atoms. The fraction of sp³-hybridized carbons (Fsp3) is 0.0625. The van der Waals surface area contributed by atoms with Crippen molar-refractivity contribution in [1.29, 1.82) is 0 Å². The Labute approximate surface area is 206 Å². The zero-order valence-electron chi connectivity index (χ0n) is 19.5. The first-order valence-electron chi connectivity index (χ1n) is 11.9. The molecule has 5 aromatic rings. The topological polar surface area (TPSA) is 40.5 Å². The molecule has 168 valence electrons. The quantitative estimate of drug-likeness (QED) is 0.337. The predicted molar refractivity (Wildman–Crippen MR) is 144 cm³/mol. The fourth-order valence-corrected chi connectivity index (χ4v) is 5.59. The lowest BCUT2D eigenvalue weighted by Gasteiger charge is -2.34. The first kappa shape index (κ1) is 21.6. The van der Waals surface area contributed by atoms with Gasteiger partial charge in [0, 0.05) is 0 Å². The molecule has 1 aliphatic carbocycles. The Kier molecular flexibility index (Phi) is 5.18. The van der Waals surface area contributed by atoms with Crippen molar-refractivity contribution in [2.24, 2.45) is 0 Å². The lowest BCUT2D eigenvalue weighted by Crippen LogP contribution is -2.29. The van der Waals surface area contributed by atoms with Gasteiger partial charge in [-0.05, 0) is 56.9 Å². The Hall–Kier alpha value is -3.92. The molecule has 0 saturated heterocycles. The summed E-state index contributed by atoms with van der Waals surface area (Å²) in [6, 6.07) is 42.6. The van der Waals surface area contributed by atoms with Crippen LogP contribution in [0, 0.1) is 6.92 Å². The maximum atomic E-state index is 9.41. The third kappa shape index (κ3) is 3.36. The van der Waals surface area contributed by atoms with Gasteiger partial charge in [0.25, 0.3) is 0 Å². The third-order valence-electron chi connectivity index (χ3n) is 7.30. The van der Waals surface area contributed by atoms with Crippen LogP contribution in [-0.2, 0) is 5.41 Å². The molecule has 0 aromatic heterocycles. The summed E-state index contributed by atoms with van der Waals surface area (Å²) in [5.41, 5.74) is 11.1. The van der Waals surface area contributed by atoms with Gasteiger partial charge in [-0.3, -0.25) is 0 Å². The highest BCUT2D eigenvalue weighted by molar-refractivity contribution is 6.58. The summed E-state index contributed by atoms with van der Waals surface area (Å²) < 4.78 is 0. The van der Waals surface area contributed by atoms with Crippen molar-refractivity contribution in [2.45, 2.75) is 12.3 Å². The Morgan fingerprint density at radius 2 is 0.943 bits per heavy atom. The monoisotopic (exact) mass is 452 g/mol. The van der Waals surface area contributed by atoms with Gasteiger partial charge >= 0.3 is 7.12 Å². The number of hydrogen-bond acceptors (Lipinski definition) is 2. The van der Waals surface area contributed by atoms with Crippen LogP contribution in [0.2, 0.25) is 0 Å². The molecule has 0 bridgehead atoms. The zero-order valence-corrected chi connectivity index (χ0v) is 19.5. The molecular weight excluding hydrogens is 427 g/mol. The number of benzene rings is 5. The largest absolute Gasteiger partial charge is 0.488 e. The highest BCUT2D eigenvalue weighted by Crippen LogP contribution is 2.56. The molecule has 6 rings (SSSR count). The molecular formula is C32H25BO2. The van der Waals surface area contributed by atoms with Crippen LogP contribution in [-0.4, -0.2) is 17.2 Å². The summed E-state index contributed by atoms with van der Waals surface area (Å²) >= 11 is 0. The van der Waals surface area contributed by atoms with E-state index in [-0.39, 0.29) is 0 Å².